The Labute approximate surface area is 173 Å². The molecular weight excluding hydrogens is 408 g/mol. The molecule has 0 radical (unpaired) electrons. The first-order valence-corrected chi connectivity index (χ1v) is 11.4. The van der Waals surface area contributed by atoms with Crippen LogP contribution in [0.2, 0.25) is 0 Å². The largest absolute Gasteiger partial charge is 0.350 e. The SMILES string of the molecule is C=CC(=O)Nn1c(=O)c2cc(S(=O)(=O)NC3(CC)CC3)ccc2n(CC2CC2)c1=O. The highest BCUT2D eigenvalue weighted by molar-refractivity contribution is 7.89. The first-order valence-electron chi connectivity index (χ1n) is 9.97. The summed E-state index contributed by atoms with van der Waals surface area (Å²) < 4.78 is 30.5. The van der Waals surface area contributed by atoms with E-state index in [2.05, 4.69) is 16.7 Å². The van der Waals surface area contributed by atoms with Crippen LogP contribution in [-0.4, -0.2) is 29.1 Å². The third kappa shape index (κ3) is 3.72. The Morgan fingerprint density at radius 3 is 2.57 bits per heavy atom. The molecule has 160 valence electrons. The van der Waals surface area contributed by atoms with E-state index < -0.39 is 32.7 Å². The number of nitrogens with zero attached hydrogens (tertiary/aromatic N) is 2. The van der Waals surface area contributed by atoms with Crippen LogP contribution in [0.1, 0.15) is 39.0 Å². The molecule has 1 aromatic carbocycles. The number of hydrogen-bond donors (Lipinski definition) is 2. The van der Waals surface area contributed by atoms with Gasteiger partial charge in [0.15, 0.2) is 0 Å². The van der Waals surface area contributed by atoms with Crippen molar-refractivity contribution < 1.29 is 13.2 Å². The number of benzene rings is 1. The number of fused-ring (bicyclic) bond motifs is 1. The first kappa shape index (κ1) is 20.5. The number of carbonyl (C=O) groups excluding carboxylic acids is 1. The zero-order valence-electron chi connectivity index (χ0n) is 16.7. The van der Waals surface area contributed by atoms with Crippen molar-refractivity contribution in [2.24, 2.45) is 5.92 Å². The number of aromatic nitrogens is 2. The van der Waals surface area contributed by atoms with Gasteiger partial charge in [-0.1, -0.05) is 13.5 Å². The summed E-state index contributed by atoms with van der Waals surface area (Å²) in [6.07, 6.45) is 5.13. The number of rotatable bonds is 8. The van der Waals surface area contributed by atoms with Crippen molar-refractivity contribution in [3.8, 4) is 0 Å². The molecule has 0 unspecified atom stereocenters. The molecule has 1 aromatic heterocycles. The van der Waals surface area contributed by atoms with E-state index in [0.29, 0.717) is 29.1 Å². The molecule has 0 saturated heterocycles. The summed E-state index contributed by atoms with van der Waals surface area (Å²) >= 11 is 0. The van der Waals surface area contributed by atoms with Crippen molar-refractivity contribution in [3.05, 3.63) is 51.7 Å². The lowest BCUT2D eigenvalue weighted by atomic mass is 10.2. The first-order chi connectivity index (χ1) is 14.2. The average Bonchev–Trinajstić information content (AvgIpc) is 3.65. The smallest absolute Gasteiger partial charge is 0.291 e. The van der Waals surface area contributed by atoms with Gasteiger partial charge in [-0.3, -0.25) is 19.6 Å². The molecule has 1 heterocycles. The summed E-state index contributed by atoms with van der Waals surface area (Å²) in [5.41, 5.74) is 0.682. The van der Waals surface area contributed by atoms with Gasteiger partial charge in [0.25, 0.3) is 11.5 Å². The molecule has 4 rings (SSSR count). The van der Waals surface area contributed by atoms with Crippen LogP contribution in [0.5, 0.6) is 0 Å². The van der Waals surface area contributed by atoms with Gasteiger partial charge in [-0.05, 0) is 62.3 Å². The van der Waals surface area contributed by atoms with Gasteiger partial charge in [0.2, 0.25) is 10.0 Å². The minimum absolute atomic E-state index is 0.0452. The van der Waals surface area contributed by atoms with Crippen molar-refractivity contribution in [3.63, 3.8) is 0 Å². The Balaban J connectivity index is 1.87. The summed E-state index contributed by atoms with van der Waals surface area (Å²) in [4.78, 5) is 37.6. The summed E-state index contributed by atoms with van der Waals surface area (Å²) in [6.45, 7) is 5.65. The van der Waals surface area contributed by atoms with Crippen LogP contribution in [0.3, 0.4) is 0 Å². The molecule has 0 spiro atoms. The van der Waals surface area contributed by atoms with E-state index >= 15 is 0 Å². The summed E-state index contributed by atoms with van der Waals surface area (Å²) in [5, 5.41) is 0.0452. The van der Waals surface area contributed by atoms with E-state index in [9.17, 15) is 22.8 Å². The maximum Gasteiger partial charge on any atom is 0.350 e. The van der Waals surface area contributed by atoms with E-state index in [1.807, 2.05) is 6.92 Å². The van der Waals surface area contributed by atoms with Gasteiger partial charge in [0.1, 0.15) is 0 Å². The summed E-state index contributed by atoms with van der Waals surface area (Å²) in [5.74, 6) is -0.396. The van der Waals surface area contributed by atoms with Crippen LogP contribution in [0, 0.1) is 5.92 Å². The van der Waals surface area contributed by atoms with Gasteiger partial charge in [0, 0.05) is 12.1 Å². The van der Waals surface area contributed by atoms with Crippen LogP contribution in [0.25, 0.3) is 10.9 Å². The number of hydrogen-bond acceptors (Lipinski definition) is 5. The van der Waals surface area contributed by atoms with Crippen LogP contribution in [0.15, 0.2) is 45.3 Å². The lowest BCUT2D eigenvalue weighted by molar-refractivity contribution is -0.112. The maximum absolute atomic E-state index is 13.0. The second-order valence-electron chi connectivity index (χ2n) is 8.08. The fourth-order valence-electron chi connectivity index (χ4n) is 3.53. The van der Waals surface area contributed by atoms with Gasteiger partial charge >= 0.3 is 5.69 Å². The summed E-state index contributed by atoms with van der Waals surface area (Å²) in [6, 6.07) is 4.16. The zero-order valence-corrected chi connectivity index (χ0v) is 17.5. The van der Waals surface area contributed by atoms with E-state index in [-0.39, 0.29) is 10.3 Å². The van der Waals surface area contributed by atoms with Gasteiger partial charge in [-0.15, -0.1) is 0 Å². The van der Waals surface area contributed by atoms with Crippen LogP contribution >= 0.6 is 0 Å². The molecule has 0 bridgehead atoms. The molecule has 10 heteroatoms. The number of amides is 1. The van der Waals surface area contributed by atoms with Crippen molar-refractivity contribution in [1.82, 2.24) is 14.0 Å². The predicted molar refractivity (Wildman–Crippen MR) is 112 cm³/mol. The molecule has 2 aliphatic rings. The molecule has 2 aromatic rings. The zero-order chi connectivity index (χ0) is 21.7. The van der Waals surface area contributed by atoms with Crippen molar-refractivity contribution in [1.29, 1.82) is 0 Å². The van der Waals surface area contributed by atoms with Crippen LogP contribution < -0.4 is 21.4 Å². The van der Waals surface area contributed by atoms with Crippen molar-refractivity contribution >= 4 is 26.8 Å². The monoisotopic (exact) mass is 432 g/mol. The van der Waals surface area contributed by atoms with E-state index in [1.165, 1.54) is 22.8 Å². The number of carbonyl (C=O) groups is 1. The highest BCUT2D eigenvalue weighted by atomic mass is 32.2. The number of sulfonamides is 1. The number of nitrogens with one attached hydrogen (secondary N) is 2. The van der Waals surface area contributed by atoms with E-state index in [0.717, 1.165) is 31.8 Å². The Hall–Kier alpha value is -2.72. The average molecular weight is 433 g/mol. The van der Waals surface area contributed by atoms with Gasteiger partial charge < -0.3 is 0 Å². The molecular formula is C20H24N4O5S. The Bertz CT molecular complexity index is 1270. The second-order valence-corrected chi connectivity index (χ2v) is 9.76. The lowest BCUT2D eigenvalue weighted by Crippen LogP contribution is -2.46. The van der Waals surface area contributed by atoms with Crippen LogP contribution in [-0.2, 0) is 21.4 Å². The van der Waals surface area contributed by atoms with E-state index in [4.69, 9.17) is 0 Å². The third-order valence-electron chi connectivity index (χ3n) is 5.85. The minimum atomic E-state index is -3.84. The van der Waals surface area contributed by atoms with E-state index in [1.54, 1.807) is 0 Å². The molecule has 2 fully saturated rings. The standard InChI is InChI=1S/C20H24N4O5S/c1-3-17(25)21-24-18(26)15-11-14(30(28,29)22-20(4-2)9-10-20)7-8-16(15)23(19(24)27)12-13-5-6-13/h3,7-8,11,13,22H,1,4-6,9-10,12H2,2H3,(H,21,25). The molecule has 30 heavy (non-hydrogen) atoms. The molecule has 0 atom stereocenters. The fourth-order valence-corrected chi connectivity index (χ4v) is 5.09. The molecule has 2 saturated carbocycles. The molecule has 0 aliphatic heterocycles. The van der Waals surface area contributed by atoms with Gasteiger partial charge in [0.05, 0.1) is 15.8 Å². The van der Waals surface area contributed by atoms with Crippen molar-refractivity contribution in [2.75, 3.05) is 5.43 Å². The summed E-state index contributed by atoms with van der Waals surface area (Å²) in [7, 11) is -3.84. The fraction of sp³-hybridized carbons (Fsp3) is 0.450. The highest BCUT2D eigenvalue weighted by Gasteiger charge is 2.44. The predicted octanol–water partition coefficient (Wildman–Crippen LogP) is 1.05. The molecule has 1 amide bonds. The topological polar surface area (TPSA) is 119 Å². The third-order valence-corrected chi connectivity index (χ3v) is 7.43. The molecule has 9 nitrogen and oxygen atoms in total. The minimum Gasteiger partial charge on any atom is -0.291 e. The Morgan fingerprint density at radius 2 is 2.00 bits per heavy atom. The second kappa shape index (κ2) is 7.21. The Kier molecular flexibility index (Phi) is 4.94. The molecule has 2 aliphatic carbocycles. The maximum atomic E-state index is 13.0. The molecule has 2 N–H and O–H groups in total. The highest BCUT2D eigenvalue weighted by Crippen LogP contribution is 2.39. The van der Waals surface area contributed by atoms with Gasteiger partial charge in [-0.2, -0.15) is 4.68 Å². The quantitative estimate of drug-likeness (QED) is 0.605. The van der Waals surface area contributed by atoms with Crippen molar-refractivity contribution in [2.45, 2.75) is 56.0 Å². The van der Waals surface area contributed by atoms with Gasteiger partial charge in [-0.25, -0.2) is 17.9 Å². The van der Waals surface area contributed by atoms with Crippen LogP contribution in [0.4, 0.5) is 0 Å². The normalized spacial score (nSPS) is 17.6. The Morgan fingerprint density at radius 1 is 1.30 bits per heavy atom. The lowest BCUT2D eigenvalue weighted by Gasteiger charge is -2.17.